The number of benzene rings is 2. The van der Waals surface area contributed by atoms with Crippen molar-refractivity contribution >= 4 is 11.8 Å². The van der Waals surface area contributed by atoms with Crippen LogP contribution >= 0.6 is 0 Å². The van der Waals surface area contributed by atoms with Crippen molar-refractivity contribution in [1.82, 2.24) is 10.2 Å². The zero-order valence-corrected chi connectivity index (χ0v) is 16.5. The minimum absolute atomic E-state index is 0.262. The van der Waals surface area contributed by atoms with Crippen LogP contribution in [0.1, 0.15) is 43.6 Å². The van der Waals surface area contributed by atoms with Crippen LogP contribution in [0.4, 0.5) is 10.5 Å². The van der Waals surface area contributed by atoms with Crippen molar-refractivity contribution in [1.29, 1.82) is 0 Å². The van der Waals surface area contributed by atoms with Crippen LogP contribution in [-0.4, -0.2) is 30.1 Å². The third-order valence-corrected chi connectivity index (χ3v) is 5.21. The lowest BCUT2D eigenvalue weighted by Crippen LogP contribution is -2.47. The Morgan fingerprint density at radius 1 is 1.15 bits per heavy atom. The first-order valence-electron chi connectivity index (χ1n) is 9.49. The molecule has 0 saturated carbocycles. The third-order valence-electron chi connectivity index (χ3n) is 5.21. The Morgan fingerprint density at radius 3 is 2.70 bits per heavy atom. The highest BCUT2D eigenvalue weighted by molar-refractivity contribution is 5.72. The van der Waals surface area contributed by atoms with Crippen LogP contribution < -0.4 is 15.0 Å². The van der Waals surface area contributed by atoms with E-state index in [0.29, 0.717) is 5.75 Å². The van der Waals surface area contributed by atoms with Gasteiger partial charge in [0.1, 0.15) is 11.9 Å². The lowest BCUT2D eigenvalue weighted by molar-refractivity contribution is 0.163. The van der Waals surface area contributed by atoms with Crippen LogP contribution in [0.15, 0.2) is 42.5 Å². The van der Waals surface area contributed by atoms with E-state index in [-0.39, 0.29) is 11.7 Å². The predicted octanol–water partition coefficient (Wildman–Crippen LogP) is 4.08. The molecule has 0 bridgehead atoms. The molecule has 4 rings (SSSR count). The van der Waals surface area contributed by atoms with E-state index in [1.807, 2.05) is 32.9 Å². The van der Waals surface area contributed by atoms with E-state index in [0.717, 1.165) is 19.5 Å². The summed E-state index contributed by atoms with van der Waals surface area (Å²) < 4.78 is 5.50. The molecule has 1 unspecified atom stereocenters. The van der Waals surface area contributed by atoms with Crippen molar-refractivity contribution in [3.8, 4) is 5.75 Å². The van der Waals surface area contributed by atoms with Gasteiger partial charge < -0.3 is 15.0 Å². The summed E-state index contributed by atoms with van der Waals surface area (Å²) in [6.45, 7) is 7.69. The quantitative estimate of drug-likeness (QED) is 0.827. The van der Waals surface area contributed by atoms with Gasteiger partial charge in [-0.25, -0.2) is 4.79 Å². The molecular formula is C22H27N3O2. The van der Waals surface area contributed by atoms with Crippen LogP contribution in [0.25, 0.3) is 0 Å². The molecule has 2 aliphatic heterocycles. The van der Waals surface area contributed by atoms with Crippen molar-refractivity contribution in [2.24, 2.45) is 0 Å². The highest BCUT2D eigenvalue weighted by atomic mass is 16.6. The third kappa shape index (κ3) is 3.52. The maximum atomic E-state index is 12.1. The Bertz CT molecular complexity index is 872. The van der Waals surface area contributed by atoms with Gasteiger partial charge in [0, 0.05) is 31.4 Å². The van der Waals surface area contributed by atoms with Gasteiger partial charge in [0.2, 0.25) is 0 Å². The second-order valence-electron chi connectivity index (χ2n) is 8.46. The summed E-state index contributed by atoms with van der Waals surface area (Å²) in [4.78, 5) is 16.9. The fourth-order valence-electron chi connectivity index (χ4n) is 4.10. The first-order chi connectivity index (χ1) is 12.8. The second-order valence-corrected chi connectivity index (χ2v) is 8.46. The average Bonchev–Trinajstić information content (AvgIpc) is 2.59. The molecule has 0 spiro atoms. The van der Waals surface area contributed by atoms with Crippen molar-refractivity contribution in [3.05, 3.63) is 59.2 Å². The van der Waals surface area contributed by atoms with E-state index < -0.39 is 6.09 Å². The molecule has 0 aliphatic carbocycles. The zero-order chi connectivity index (χ0) is 19.2. The summed E-state index contributed by atoms with van der Waals surface area (Å²) in [6, 6.07) is 14.6. The Morgan fingerprint density at radius 2 is 1.93 bits per heavy atom. The van der Waals surface area contributed by atoms with Crippen LogP contribution in [-0.2, 0) is 13.0 Å². The molecule has 142 valence electrons. The molecule has 2 heterocycles. The molecular weight excluding hydrogens is 338 g/mol. The molecule has 5 nitrogen and oxygen atoms in total. The van der Waals surface area contributed by atoms with E-state index in [2.05, 4.69) is 52.5 Å². The fraction of sp³-hybridized carbons (Fsp3) is 0.409. The summed E-state index contributed by atoms with van der Waals surface area (Å²) in [5.74, 6) is 0.583. The SMILES string of the molecule is CN1c2ccc(OC(=O)NC(C)(C)C)cc2CN2CCc3ccccc3C21. The lowest BCUT2D eigenvalue weighted by Gasteiger charge is -2.47. The Kier molecular flexibility index (Phi) is 4.35. The number of nitrogens with zero attached hydrogens (tertiary/aromatic N) is 2. The molecule has 2 aromatic rings. The molecule has 0 aromatic heterocycles. The molecule has 27 heavy (non-hydrogen) atoms. The average molecular weight is 365 g/mol. The minimum Gasteiger partial charge on any atom is -0.410 e. The molecule has 1 atom stereocenters. The van der Waals surface area contributed by atoms with Gasteiger partial charge in [0.05, 0.1) is 0 Å². The van der Waals surface area contributed by atoms with Gasteiger partial charge in [-0.3, -0.25) is 4.90 Å². The van der Waals surface area contributed by atoms with Crippen LogP contribution in [0.3, 0.4) is 0 Å². The number of ether oxygens (including phenoxy) is 1. The van der Waals surface area contributed by atoms with Crippen LogP contribution in [0, 0.1) is 0 Å². The van der Waals surface area contributed by atoms with Gasteiger partial charge in [-0.15, -0.1) is 0 Å². The number of fused-ring (bicyclic) bond motifs is 4. The maximum Gasteiger partial charge on any atom is 0.413 e. The second kappa shape index (κ2) is 6.57. The number of nitrogens with one attached hydrogen (secondary N) is 1. The molecule has 2 aliphatic rings. The topological polar surface area (TPSA) is 44.8 Å². The van der Waals surface area contributed by atoms with Crippen LogP contribution in [0.2, 0.25) is 0 Å². The van der Waals surface area contributed by atoms with Crippen molar-refractivity contribution in [2.75, 3.05) is 18.5 Å². The van der Waals surface area contributed by atoms with Gasteiger partial charge in [-0.2, -0.15) is 0 Å². The summed E-state index contributed by atoms with van der Waals surface area (Å²) in [7, 11) is 2.14. The Balaban J connectivity index is 1.59. The monoisotopic (exact) mass is 365 g/mol. The maximum absolute atomic E-state index is 12.1. The number of amides is 1. The summed E-state index contributed by atoms with van der Waals surface area (Å²) in [5.41, 5.74) is 4.89. The first kappa shape index (κ1) is 17.9. The van der Waals surface area contributed by atoms with Crippen LogP contribution in [0.5, 0.6) is 5.75 Å². The number of hydrogen-bond donors (Lipinski definition) is 1. The van der Waals surface area contributed by atoms with Gasteiger partial charge in [0.25, 0.3) is 0 Å². The standard InChI is InChI=1S/C22H27N3O2/c1-22(2,3)23-21(26)27-17-9-10-19-16(13-17)14-25-12-11-15-7-5-6-8-18(15)20(25)24(19)4/h5-10,13,20H,11-12,14H2,1-4H3,(H,23,26). The fourth-order valence-corrected chi connectivity index (χ4v) is 4.10. The minimum atomic E-state index is -0.420. The normalized spacial score (nSPS) is 19.0. The largest absolute Gasteiger partial charge is 0.413 e. The van der Waals surface area contributed by atoms with Gasteiger partial charge in [-0.1, -0.05) is 24.3 Å². The molecule has 5 heteroatoms. The first-order valence-corrected chi connectivity index (χ1v) is 9.49. The predicted molar refractivity (Wildman–Crippen MR) is 107 cm³/mol. The number of carbonyl (C=O) groups excluding carboxylic acids is 1. The van der Waals surface area contributed by atoms with E-state index in [1.165, 1.54) is 22.4 Å². The van der Waals surface area contributed by atoms with E-state index in [9.17, 15) is 4.79 Å². The number of rotatable bonds is 1. The number of anilines is 1. The van der Waals surface area contributed by atoms with E-state index in [1.54, 1.807) is 0 Å². The molecule has 0 saturated heterocycles. The molecule has 0 fully saturated rings. The highest BCUT2D eigenvalue weighted by Crippen LogP contribution is 2.42. The van der Waals surface area contributed by atoms with E-state index in [4.69, 9.17) is 4.74 Å². The van der Waals surface area contributed by atoms with Gasteiger partial charge in [-0.05, 0) is 62.1 Å². The molecule has 1 amide bonds. The van der Waals surface area contributed by atoms with E-state index >= 15 is 0 Å². The summed E-state index contributed by atoms with van der Waals surface area (Å²) in [5, 5.41) is 2.83. The highest BCUT2D eigenvalue weighted by Gasteiger charge is 2.35. The van der Waals surface area contributed by atoms with Crippen molar-refractivity contribution in [2.45, 2.75) is 45.4 Å². The molecule has 1 N–H and O–H groups in total. The smallest absolute Gasteiger partial charge is 0.410 e. The van der Waals surface area contributed by atoms with Gasteiger partial charge >= 0.3 is 6.09 Å². The number of carbonyl (C=O) groups is 1. The lowest BCUT2D eigenvalue weighted by atomic mass is 9.93. The Hall–Kier alpha value is -2.53. The van der Waals surface area contributed by atoms with Crippen molar-refractivity contribution < 1.29 is 9.53 Å². The van der Waals surface area contributed by atoms with Crippen molar-refractivity contribution in [3.63, 3.8) is 0 Å². The summed E-state index contributed by atoms with van der Waals surface area (Å²) >= 11 is 0. The molecule has 2 aromatic carbocycles. The summed E-state index contributed by atoms with van der Waals surface area (Å²) in [6.07, 6.45) is 0.912. The van der Waals surface area contributed by atoms with Gasteiger partial charge in [0.15, 0.2) is 0 Å². The molecule has 0 radical (unpaired) electrons. The zero-order valence-electron chi connectivity index (χ0n) is 16.5. The number of hydrogen-bond acceptors (Lipinski definition) is 4. The Labute approximate surface area is 160 Å².